The van der Waals surface area contributed by atoms with Gasteiger partial charge in [0, 0.05) is 28.6 Å². The number of ether oxygens (including phenoxy) is 1. The van der Waals surface area contributed by atoms with E-state index in [1.807, 2.05) is 31.3 Å². The second-order valence-corrected chi connectivity index (χ2v) is 16.3. The van der Waals surface area contributed by atoms with Crippen molar-refractivity contribution in [2.24, 2.45) is 0 Å². The summed E-state index contributed by atoms with van der Waals surface area (Å²) in [6, 6.07) is 25.0. The fourth-order valence-electron chi connectivity index (χ4n) is 4.66. The molecule has 0 saturated carbocycles. The van der Waals surface area contributed by atoms with Crippen molar-refractivity contribution in [1.29, 1.82) is 0 Å². The lowest BCUT2D eigenvalue weighted by atomic mass is 9.87. The molecule has 5 nitrogen and oxygen atoms in total. The van der Waals surface area contributed by atoms with Crippen LogP contribution in [0.1, 0.15) is 52.7 Å². The summed E-state index contributed by atoms with van der Waals surface area (Å²) in [6.45, 7) is 16.9. The van der Waals surface area contributed by atoms with E-state index >= 15 is 0 Å². The molecule has 38 heavy (non-hydrogen) atoms. The molecule has 0 amide bonds. The van der Waals surface area contributed by atoms with Crippen molar-refractivity contribution >= 4 is 35.6 Å². The van der Waals surface area contributed by atoms with E-state index in [0.717, 1.165) is 33.2 Å². The van der Waals surface area contributed by atoms with Gasteiger partial charge in [0.2, 0.25) is 20.1 Å². The van der Waals surface area contributed by atoms with Crippen molar-refractivity contribution < 1.29 is 9.53 Å². The van der Waals surface area contributed by atoms with Crippen molar-refractivity contribution in [2.75, 3.05) is 0 Å². The summed E-state index contributed by atoms with van der Waals surface area (Å²) in [5.74, 6) is 0.918. The first-order valence-corrected chi connectivity index (χ1v) is 16.1. The van der Waals surface area contributed by atoms with Crippen molar-refractivity contribution in [3.8, 4) is 17.4 Å². The molecule has 3 heterocycles. The van der Waals surface area contributed by atoms with E-state index in [4.69, 9.17) is 14.7 Å². The molecule has 0 fully saturated rings. The summed E-state index contributed by atoms with van der Waals surface area (Å²) in [4.78, 5) is 20.5. The number of pyridine rings is 2. The Balaban J connectivity index is 1.68. The second kappa shape index (κ2) is 9.07. The van der Waals surface area contributed by atoms with Crippen LogP contribution in [-0.4, -0.2) is 27.6 Å². The van der Waals surface area contributed by atoms with Crippen LogP contribution >= 0.6 is 0 Å². The predicted octanol–water partition coefficient (Wildman–Crippen LogP) is 7.37. The molecule has 0 spiro atoms. The molecular formula is C32H37N3O2Si. The standard InChI is InChI=1S/C32H37N3O2Si/c1-31(2,3)21-12-11-13-23(18-21)35-26-15-10-9-14-24(26)25-16-17-27(34-30(25)35)37-28-19-22(32(4,5)6)20-29(33-28)38(7,8)36/h9-20,36H,1-8H3. The van der Waals surface area contributed by atoms with Gasteiger partial charge in [0.1, 0.15) is 5.65 Å². The first kappa shape index (κ1) is 26.1. The zero-order valence-electron chi connectivity index (χ0n) is 23.6. The van der Waals surface area contributed by atoms with Crippen LogP contribution in [0.4, 0.5) is 0 Å². The Bertz CT molecular complexity index is 1620. The third-order valence-corrected chi connectivity index (χ3v) is 8.48. The molecule has 1 N–H and O–H groups in total. The fraction of sp³-hybridized carbons (Fsp3) is 0.312. The predicted molar refractivity (Wildman–Crippen MR) is 160 cm³/mol. The number of nitrogens with zero attached hydrogens (tertiary/aromatic N) is 3. The Morgan fingerprint density at radius 3 is 2.11 bits per heavy atom. The zero-order chi connectivity index (χ0) is 27.5. The number of benzene rings is 2. The van der Waals surface area contributed by atoms with Gasteiger partial charge in [-0.2, -0.15) is 4.98 Å². The van der Waals surface area contributed by atoms with E-state index in [1.54, 1.807) is 0 Å². The lowest BCUT2D eigenvalue weighted by Gasteiger charge is -2.23. The van der Waals surface area contributed by atoms with Crippen LogP contribution in [0.15, 0.2) is 72.8 Å². The zero-order valence-corrected chi connectivity index (χ0v) is 24.6. The maximum absolute atomic E-state index is 10.8. The summed E-state index contributed by atoms with van der Waals surface area (Å²) in [7, 11) is -2.65. The van der Waals surface area contributed by atoms with Crippen molar-refractivity contribution in [2.45, 2.75) is 65.5 Å². The molecule has 2 aromatic carbocycles. The topological polar surface area (TPSA) is 60.2 Å². The molecule has 3 aromatic heterocycles. The Labute approximate surface area is 226 Å². The highest BCUT2D eigenvalue weighted by Crippen LogP contribution is 2.34. The number of hydrogen-bond donors (Lipinski definition) is 1. The highest BCUT2D eigenvalue weighted by atomic mass is 28.4. The number of para-hydroxylation sites is 1. The minimum Gasteiger partial charge on any atom is -0.426 e. The third kappa shape index (κ3) is 4.98. The molecule has 0 aliphatic carbocycles. The summed E-state index contributed by atoms with van der Waals surface area (Å²) in [5.41, 5.74) is 5.25. The van der Waals surface area contributed by atoms with Gasteiger partial charge in [-0.15, -0.1) is 0 Å². The molecule has 5 aromatic rings. The van der Waals surface area contributed by atoms with E-state index in [0.29, 0.717) is 17.1 Å². The first-order chi connectivity index (χ1) is 17.7. The van der Waals surface area contributed by atoms with Gasteiger partial charge in [-0.25, -0.2) is 4.98 Å². The number of hydrogen-bond acceptors (Lipinski definition) is 4. The minimum absolute atomic E-state index is 0.0295. The summed E-state index contributed by atoms with van der Waals surface area (Å²) >= 11 is 0. The highest BCUT2D eigenvalue weighted by molar-refractivity contribution is 6.82. The molecule has 196 valence electrons. The van der Waals surface area contributed by atoms with E-state index in [1.165, 1.54) is 5.56 Å². The summed E-state index contributed by atoms with van der Waals surface area (Å²) in [5, 5.41) is 2.91. The van der Waals surface area contributed by atoms with Gasteiger partial charge in [-0.1, -0.05) is 71.9 Å². The van der Waals surface area contributed by atoms with E-state index in [9.17, 15) is 4.80 Å². The third-order valence-electron chi connectivity index (χ3n) is 6.97. The van der Waals surface area contributed by atoms with Crippen LogP contribution in [0, 0.1) is 0 Å². The van der Waals surface area contributed by atoms with Crippen LogP contribution in [0.25, 0.3) is 27.6 Å². The smallest absolute Gasteiger partial charge is 0.233 e. The molecule has 0 radical (unpaired) electrons. The first-order valence-electron chi connectivity index (χ1n) is 13.2. The monoisotopic (exact) mass is 523 g/mol. The average molecular weight is 524 g/mol. The van der Waals surface area contributed by atoms with Gasteiger partial charge in [0.25, 0.3) is 0 Å². The average Bonchev–Trinajstić information content (AvgIpc) is 3.16. The number of rotatable bonds is 4. The Hall–Kier alpha value is -3.48. The lowest BCUT2D eigenvalue weighted by Crippen LogP contribution is -2.44. The van der Waals surface area contributed by atoms with Crippen molar-refractivity contribution in [3.05, 3.63) is 83.9 Å². The van der Waals surface area contributed by atoms with Crippen LogP contribution in [-0.2, 0) is 10.8 Å². The van der Waals surface area contributed by atoms with E-state index < -0.39 is 8.32 Å². The van der Waals surface area contributed by atoms with Gasteiger partial charge in [-0.05, 0) is 65.4 Å². The summed E-state index contributed by atoms with van der Waals surface area (Å²) in [6.07, 6.45) is 0. The molecule has 0 unspecified atom stereocenters. The fourth-order valence-corrected chi connectivity index (χ4v) is 5.56. The minimum atomic E-state index is -2.65. The normalized spacial score (nSPS) is 12.9. The molecule has 0 aliphatic heterocycles. The van der Waals surface area contributed by atoms with Crippen LogP contribution in [0.2, 0.25) is 13.1 Å². The largest absolute Gasteiger partial charge is 0.426 e. The molecule has 0 saturated heterocycles. The van der Waals surface area contributed by atoms with Gasteiger partial charge in [-0.3, -0.25) is 4.57 Å². The Kier molecular flexibility index (Phi) is 6.24. The molecule has 5 rings (SSSR count). The second-order valence-electron chi connectivity index (χ2n) is 12.7. The van der Waals surface area contributed by atoms with E-state index in [-0.39, 0.29) is 10.8 Å². The van der Waals surface area contributed by atoms with Gasteiger partial charge in [0.05, 0.1) is 10.8 Å². The van der Waals surface area contributed by atoms with Crippen LogP contribution in [0.5, 0.6) is 11.8 Å². The number of aromatic nitrogens is 3. The summed E-state index contributed by atoms with van der Waals surface area (Å²) < 4.78 is 8.51. The number of fused-ring (bicyclic) bond motifs is 3. The van der Waals surface area contributed by atoms with E-state index in [2.05, 4.69) is 101 Å². The molecular weight excluding hydrogens is 486 g/mol. The van der Waals surface area contributed by atoms with Gasteiger partial charge in [0.15, 0.2) is 0 Å². The SMILES string of the molecule is CC(C)(C)c1cccc(-n2c3ccccc3c3ccc(Oc4cc(C(C)(C)C)cc([Si](C)(C)O)n4)nc32)c1. The Morgan fingerprint density at radius 1 is 0.711 bits per heavy atom. The molecule has 0 aliphatic rings. The van der Waals surface area contributed by atoms with Gasteiger partial charge < -0.3 is 9.53 Å². The highest BCUT2D eigenvalue weighted by Gasteiger charge is 2.27. The van der Waals surface area contributed by atoms with Gasteiger partial charge >= 0.3 is 0 Å². The quantitative estimate of drug-likeness (QED) is 0.250. The Morgan fingerprint density at radius 2 is 1.42 bits per heavy atom. The lowest BCUT2D eigenvalue weighted by molar-refractivity contribution is 0.443. The maximum Gasteiger partial charge on any atom is 0.233 e. The van der Waals surface area contributed by atoms with Crippen LogP contribution in [0.3, 0.4) is 0 Å². The molecule has 6 heteroatoms. The molecule has 0 atom stereocenters. The van der Waals surface area contributed by atoms with Crippen molar-refractivity contribution in [1.82, 2.24) is 14.5 Å². The molecule has 0 bridgehead atoms. The van der Waals surface area contributed by atoms with Crippen molar-refractivity contribution in [3.63, 3.8) is 0 Å². The van der Waals surface area contributed by atoms with Crippen LogP contribution < -0.4 is 10.1 Å². The maximum atomic E-state index is 10.8.